The van der Waals surface area contributed by atoms with Gasteiger partial charge in [-0.2, -0.15) is 0 Å². The highest BCUT2D eigenvalue weighted by Crippen LogP contribution is 2.38. The van der Waals surface area contributed by atoms with Crippen molar-refractivity contribution in [1.82, 2.24) is 14.5 Å². The lowest BCUT2D eigenvalue weighted by atomic mass is 9.80. The van der Waals surface area contributed by atoms with E-state index in [-0.39, 0.29) is 0 Å². The molecule has 3 rings (SSSR count). The number of rotatable bonds is 2. The van der Waals surface area contributed by atoms with E-state index in [0.717, 1.165) is 23.1 Å². The first-order valence-electron chi connectivity index (χ1n) is 7.38. The maximum Gasteiger partial charge on any atom is 0.132 e. The number of pyridine rings is 1. The van der Waals surface area contributed by atoms with Crippen LogP contribution in [0.5, 0.6) is 0 Å². The molecule has 4 nitrogen and oxygen atoms in total. The Morgan fingerprint density at radius 1 is 1.20 bits per heavy atom. The zero-order valence-corrected chi connectivity index (χ0v) is 12.2. The van der Waals surface area contributed by atoms with Crippen molar-refractivity contribution in [1.29, 1.82) is 0 Å². The Morgan fingerprint density at radius 3 is 2.65 bits per heavy atom. The van der Waals surface area contributed by atoms with Crippen molar-refractivity contribution in [3.63, 3.8) is 0 Å². The molecule has 2 aromatic rings. The Hall–Kier alpha value is -1.84. The number of hydrogen-bond acceptors (Lipinski definition) is 3. The zero-order valence-electron chi connectivity index (χ0n) is 12.2. The third-order valence-corrected chi connectivity index (χ3v) is 4.33. The monoisotopic (exact) mass is 270 g/mol. The average Bonchev–Trinajstić information content (AvgIpc) is 2.87. The zero-order chi connectivity index (χ0) is 14.1. The van der Waals surface area contributed by atoms with Gasteiger partial charge in [0.2, 0.25) is 0 Å². The van der Waals surface area contributed by atoms with Crippen LogP contribution in [0.15, 0.2) is 30.9 Å². The van der Waals surface area contributed by atoms with Gasteiger partial charge in [-0.25, -0.2) is 9.97 Å². The van der Waals surface area contributed by atoms with E-state index in [4.69, 9.17) is 5.73 Å². The summed E-state index contributed by atoms with van der Waals surface area (Å²) >= 11 is 0. The number of nitrogen functional groups attached to an aromatic ring is 1. The second-order valence-electron chi connectivity index (χ2n) is 6.19. The van der Waals surface area contributed by atoms with Crippen LogP contribution in [0.25, 0.3) is 11.3 Å². The van der Waals surface area contributed by atoms with Gasteiger partial charge >= 0.3 is 0 Å². The van der Waals surface area contributed by atoms with E-state index in [0.29, 0.717) is 11.9 Å². The Bertz CT molecular complexity index is 580. The number of imidazole rings is 1. The topological polar surface area (TPSA) is 56.7 Å². The molecule has 0 radical (unpaired) electrons. The molecule has 0 bridgehead atoms. The molecule has 2 atom stereocenters. The SMILES string of the molecule is CC1CC(C)CC(n2cncc2-c2cccnc2N)C1. The predicted octanol–water partition coefficient (Wildman–Crippen LogP) is 3.52. The Labute approximate surface area is 120 Å². The van der Waals surface area contributed by atoms with Gasteiger partial charge in [0.15, 0.2) is 0 Å². The third-order valence-electron chi connectivity index (χ3n) is 4.33. The van der Waals surface area contributed by atoms with Crippen molar-refractivity contribution in [2.24, 2.45) is 11.8 Å². The molecule has 0 aromatic carbocycles. The van der Waals surface area contributed by atoms with E-state index in [9.17, 15) is 0 Å². The van der Waals surface area contributed by atoms with Gasteiger partial charge in [-0.1, -0.05) is 13.8 Å². The highest BCUT2D eigenvalue weighted by atomic mass is 15.1. The van der Waals surface area contributed by atoms with Crippen molar-refractivity contribution in [3.8, 4) is 11.3 Å². The molecule has 0 amide bonds. The summed E-state index contributed by atoms with van der Waals surface area (Å²) in [5, 5.41) is 0. The molecule has 1 aliphatic carbocycles. The minimum atomic E-state index is 0.519. The molecule has 1 saturated carbocycles. The van der Waals surface area contributed by atoms with Gasteiger partial charge in [0.05, 0.1) is 18.2 Å². The fourth-order valence-corrected chi connectivity index (χ4v) is 3.57. The second-order valence-corrected chi connectivity index (χ2v) is 6.19. The molecule has 4 heteroatoms. The highest BCUT2D eigenvalue weighted by molar-refractivity contribution is 5.70. The quantitative estimate of drug-likeness (QED) is 0.908. The summed E-state index contributed by atoms with van der Waals surface area (Å²) in [6.07, 6.45) is 9.33. The van der Waals surface area contributed by atoms with Crippen LogP contribution in [-0.2, 0) is 0 Å². The molecular weight excluding hydrogens is 248 g/mol. The van der Waals surface area contributed by atoms with Crippen LogP contribution in [0.4, 0.5) is 5.82 Å². The van der Waals surface area contributed by atoms with Crippen molar-refractivity contribution >= 4 is 5.82 Å². The van der Waals surface area contributed by atoms with Crippen molar-refractivity contribution < 1.29 is 0 Å². The van der Waals surface area contributed by atoms with Crippen LogP contribution in [0.3, 0.4) is 0 Å². The molecule has 2 aromatic heterocycles. The first kappa shape index (κ1) is 13.2. The number of anilines is 1. The lowest BCUT2D eigenvalue weighted by Gasteiger charge is -2.33. The summed E-state index contributed by atoms with van der Waals surface area (Å²) in [5.41, 5.74) is 8.08. The molecule has 2 heterocycles. The van der Waals surface area contributed by atoms with E-state index < -0.39 is 0 Å². The van der Waals surface area contributed by atoms with Gasteiger partial charge in [0.1, 0.15) is 5.82 Å². The molecular formula is C16H22N4. The Balaban J connectivity index is 1.96. The molecule has 2 N–H and O–H groups in total. The molecule has 0 spiro atoms. The van der Waals surface area contributed by atoms with Crippen molar-refractivity contribution in [2.45, 2.75) is 39.2 Å². The van der Waals surface area contributed by atoms with Crippen LogP contribution in [0, 0.1) is 11.8 Å². The summed E-state index contributed by atoms with van der Waals surface area (Å²) in [6, 6.07) is 4.46. The number of hydrogen-bond donors (Lipinski definition) is 1. The normalized spacial score (nSPS) is 26.6. The largest absolute Gasteiger partial charge is 0.383 e. The Kier molecular flexibility index (Phi) is 3.47. The lowest BCUT2D eigenvalue weighted by molar-refractivity contribution is 0.222. The fourth-order valence-electron chi connectivity index (χ4n) is 3.57. The summed E-state index contributed by atoms with van der Waals surface area (Å²) < 4.78 is 2.29. The van der Waals surface area contributed by atoms with Crippen LogP contribution >= 0.6 is 0 Å². The van der Waals surface area contributed by atoms with Crippen molar-refractivity contribution in [3.05, 3.63) is 30.9 Å². The van der Waals surface area contributed by atoms with Crippen LogP contribution in [0.1, 0.15) is 39.2 Å². The number of aromatic nitrogens is 3. The van der Waals surface area contributed by atoms with Gasteiger partial charge in [0, 0.05) is 17.8 Å². The molecule has 106 valence electrons. The standard InChI is InChI=1S/C16H22N4/c1-11-6-12(2)8-13(7-11)20-10-18-9-15(20)14-4-3-5-19-16(14)17/h3-5,9-13H,6-8H2,1-2H3,(H2,17,19). The predicted molar refractivity (Wildman–Crippen MR) is 81.1 cm³/mol. The minimum absolute atomic E-state index is 0.519. The third kappa shape index (κ3) is 2.42. The summed E-state index contributed by atoms with van der Waals surface area (Å²) in [4.78, 5) is 8.53. The van der Waals surface area contributed by atoms with Gasteiger partial charge < -0.3 is 10.3 Å². The molecule has 2 unspecified atom stereocenters. The summed E-state index contributed by atoms with van der Waals surface area (Å²) in [5.74, 6) is 2.11. The molecule has 1 aliphatic rings. The minimum Gasteiger partial charge on any atom is -0.383 e. The molecule has 0 saturated heterocycles. The van der Waals surface area contributed by atoms with Gasteiger partial charge in [-0.3, -0.25) is 0 Å². The van der Waals surface area contributed by atoms with E-state index in [2.05, 4.69) is 28.4 Å². The van der Waals surface area contributed by atoms with Gasteiger partial charge in [-0.05, 0) is 43.2 Å². The van der Waals surface area contributed by atoms with E-state index in [1.165, 1.54) is 19.3 Å². The maximum absolute atomic E-state index is 6.01. The lowest BCUT2D eigenvalue weighted by Crippen LogP contribution is -2.22. The first-order valence-corrected chi connectivity index (χ1v) is 7.38. The number of nitrogens with two attached hydrogens (primary N) is 1. The average molecular weight is 270 g/mol. The maximum atomic E-state index is 6.01. The van der Waals surface area contributed by atoms with E-state index in [1.54, 1.807) is 6.20 Å². The Morgan fingerprint density at radius 2 is 1.95 bits per heavy atom. The van der Waals surface area contributed by atoms with E-state index in [1.807, 2.05) is 24.7 Å². The second kappa shape index (κ2) is 5.27. The first-order chi connectivity index (χ1) is 9.65. The van der Waals surface area contributed by atoms with E-state index >= 15 is 0 Å². The van der Waals surface area contributed by atoms with Crippen molar-refractivity contribution in [2.75, 3.05) is 5.73 Å². The smallest absolute Gasteiger partial charge is 0.132 e. The van der Waals surface area contributed by atoms with Gasteiger partial charge in [0.25, 0.3) is 0 Å². The van der Waals surface area contributed by atoms with Crippen LogP contribution in [-0.4, -0.2) is 14.5 Å². The van der Waals surface area contributed by atoms with Crippen LogP contribution in [0.2, 0.25) is 0 Å². The molecule has 1 fully saturated rings. The number of nitrogens with zero attached hydrogens (tertiary/aromatic N) is 3. The molecule has 0 aliphatic heterocycles. The highest BCUT2D eigenvalue weighted by Gasteiger charge is 2.26. The summed E-state index contributed by atoms with van der Waals surface area (Å²) in [7, 11) is 0. The fraction of sp³-hybridized carbons (Fsp3) is 0.500. The summed E-state index contributed by atoms with van der Waals surface area (Å²) in [6.45, 7) is 4.69. The van der Waals surface area contributed by atoms with Gasteiger partial charge in [-0.15, -0.1) is 0 Å². The van der Waals surface area contributed by atoms with Crippen LogP contribution < -0.4 is 5.73 Å². The molecule has 20 heavy (non-hydrogen) atoms.